The highest BCUT2D eigenvalue weighted by Gasteiger charge is 2.55. The molecule has 1 aromatic carbocycles. The minimum Gasteiger partial charge on any atom is -0.459 e. The Hall–Kier alpha value is -3.25. The Morgan fingerprint density at radius 1 is 1.00 bits per heavy atom. The third kappa shape index (κ3) is 13.7. The minimum absolute atomic E-state index is 0.0755. The number of carbonyl (C=O) groups is 1. The number of methoxy groups -OCH3 is 1. The van der Waals surface area contributed by atoms with Crippen molar-refractivity contribution < 1.29 is 58.9 Å². The van der Waals surface area contributed by atoms with Gasteiger partial charge in [-0.1, -0.05) is 45.0 Å². The number of hydrogen-bond donors (Lipinski definition) is 5. The molecule has 414 valence electrons. The van der Waals surface area contributed by atoms with Gasteiger partial charge in [0.2, 0.25) is 0 Å². The first kappa shape index (κ1) is 59.0. The SMILES string of the molecule is CC[C@H]1OC(=O)[C@H](C)[C@@H](C2C[C@@](C)(OC)[C@@H](O)[C@H](C)O2)[C@H](C)[C@@H](O[C@@H]2O[C@H](C)C[C@H](N(C)CCc3cn(C[C@@H]4CCCN4Cc4ccc([N+](=O)[O-])cc4)nn3)[C@H]2O)[C@](C)(O)C[C@@H](C)CN(C)[C@H](C)[C@@H](O)[C@]1(C)O. The van der Waals surface area contributed by atoms with E-state index in [4.69, 9.17) is 23.7 Å². The summed E-state index contributed by atoms with van der Waals surface area (Å²) < 4.78 is 34.1. The van der Waals surface area contributed by atoms with Gasteiger partial charge < -0.3 is 59.0 Å². The molecule has 20 heteroatoms. The van der Waals surface area contributed by atoms with E-state index < -0.39 is 102 Å². The van der Waals surface area contributed by atoms with Crippen molar-refractivity contribution >= 4 is 11.7 Å². The molecule has 0 bridgehead atoms. The number of carbonyl (C=O) groups excluding carboxylic acids is 1. The second kappa shape index (κ2) is 24.4. The third-order valence-electron chi connectivity index (χ3n) is 17.2. The molecule has 4 fully saturated rings. The lowest BCUT2D eigenvalue weighted by molar-refractivity contribution is -0.384. The highest BCUT2D eigenvalue weighted by Crippen LogP contribution is 2.45. The quantitative estimate of drug-likeness (QED) is 0.102. The third-order valence-corrected chi connectivity index (χ3v) is 17.2. The van der Waals surface area contributed by atoms with Crippen LogP contribution in [0.3, 0.4) is 0 Å². The normalized spacial score (nSPS) is 41.1. The van der Waals surface area contributed by atoms with Crippen LogP contribution in [0.15, 0.2) is 30.5 Å². The van der Waals surface area contributed by atoms with Crippen LogP contribution in [-0.2, 0) is 48.0 Å². The molecule has 4 aliphatic heterocycles. The lowest BCUT2D eigenvalue weighted by Crippen LogP contribution is -2.62. The van der Waals surface area contributed by atoms with Crippen LogP contribution in [0.2, 0.25) is 0 Å². The van der Waals surface area contributed by atoms with Gasteiger partial charge in [-0.2, -0.15) is 0 Å². The molecule has 19 atom stereocenters. The molecule has 0 spiro atoms. The first-order valence-corrected chi connectivity index (χ1v) is 26.7. The average Bonchev–Trinajstić information content (AvgIpc) is 3.98. The summed E-state index contributed by atoms with van der Waals surface area (Å²) in [5.74, 6) is -3.16. The second-order valence-electron chi connectivity index (χ2n) is 23.1. The Labute approximate surface area is 432 Å². The van der Waals surface area contributed by atoms with Gasteiger partial charge in [0.15, 0.2) is 6.29 Å². The Morgan fingerprint density at radius 3 is 2.33 bits per heavy atom. The van der Waals surface area contributed by atoms with Gasteiger partial charge in [0.25, 0.3) is 5.69 Å². The molecule has 0 saturated carbocycles. The maximum Gasteiger partial charge on any atom is 0.309 e. The second-order valence-corrected chi connectivity index (χ2v) is 23.1. The van der Waals surface area contributed by atoms with Crippen molar-refractivity contribution in [3.63, 3.8) is 0 Å². The number of hydrogen-bond acceptors (Lipinski definition) is 18. The zero-order chi connectivity index (χ0) is 53.9. The van der Waals surface area contributed by atoms with Gasteiger partial charge in [0.05, 0.1) is 58.7 Å². The van der Waals surface area contributed by atoms with E-state index in [0.717, 1.165) is 30.6 Å². The van der Waals surface area contributed by atoms with E-state index in [2.05, 4.69) is 20.1 Å². The maximum absolute atomic E-state index is 14.6. The van der Waals surface area contributed by atoms with Gasteiger partial charge in [-0.05, 0) is 112 Å². The van der Waals surface area contributed by atoms with E-state index in [1.54, 1.807) is 39.8 Å². The highest BCUT2D eigenvalue weighted by atomic mass is 16.7. The topological polar surface area (TPSA) is 248 Å². The van der Waals surface area contributed by atoms with Gasteiger partial charge in [0, 0.05) is 82.0 Å². The molecule has 1 unspecified atom stereocenters. The standard InChI is InChI=1S/C53H89N7O13/c1-14-43-53(10,66)46(62)35(6)57(12)27-31(2)25-51(8,65)48(33(4)44(34(5)49(64)72-43)42-26-52(9,69-13)47(63)36(7)71-42)73-50-45(61)41(24-32(3)70-50)56(11)23-21-38-29-59(55-54-38)30-40-16-15-22-58(40)28-37-17-19-39(20-18-37)60(67)68/h17-20,29,31-36,40-48,50,61-63,65-66H,14-16,21-28,30H2,1-13H3/t31-,32-,33+,34-,35-,36+,40+,41+,42?,43-,44+,45-,46-,47+,48-,50+,51-,52-,53-/m1/s1. The predicted molar refractivity (Wildman–Crippen MR) is 272 cm³/mol. The predicted octanol–water partition coefficient (Wildman–Crippen LogP) is 3.95. The molecule has 4 aliphatic rings. The number of aliphatic hydroxyl groups excluding tert-OH is 3. The molecule has 20 nitrogen and oxygen atoms in total. The van der Waals surface area contributed by atoms with Crippen molar-refractivity contribution in [2.45, 2.75) is 217 Å². The van der Waals surface area contributed by atoms with Crippen LogP contribution in [0, 0.1) is 33.8 Å². The molecule has 73 heavy (non-hydrogen) atoms. The number of nitro benzene ring substituents is 1. The zero-order valence-corrected chi connectivity index (χ0v) is 45.7. The number of rotatable bonds is 14. The fourth-order valence-corrected chi connectivity index (χ4v) is 12.7. The molecule has 2 aromatic rings. The molecule has 5 heterocycles. The number of esters is 1. The molecule has 1 aromatic heterocycles. The number of ether oxygens (including phenoxy) is 5. The van der Waals surface area contributed by atoms with Gasteiger partial charge in [-0.15, -0.1) is 5.10 Å². The van der Waals surface area contributed by atoms with Crippen molar-refractivity contribution in [3.8, 4) is 0 Å². The lowest BCUT2D eigenvalue weighted by atomic mass is 9.68. The van der Waals surface area contributed by atoms with Crippen LogP contribution in [0.4, 0.5) is 5.69 Å². The maximum atomic E-state index is 14.6. The number of cyclic esters (lactones) is 1. The van der Waals surface area contributed by atoms with Crippen LogP contribution in [0.1, 0.15) is 119 Å². The summed E-state index contributed by atoms with van der Waals surface area (Å²) in [6, 6.07) is 5.98. The van der Waals surface area contributed by atoms with Gasteiger partial charge in [-0.3, -0.25) is 24.5 Å². The monoisotopic (exact) mass is 1030 g/mol. The number of benzene rings is 1. The first-order chi connectivity index (χ1) is 34.2. The molecule has 0 aliphatic carbocycles. The van der Waals surface area contributed by atoms with Gasteiger partial charge in [0.1, 0.15) is 30.0 Å². The van der Waals surface area contributed by atoms with Gasteiger partial charge >= 0.3 is 5.97 Å². The lowest BCUT2D eigenvalue weighted by Gasteiger charge is -2.51. The minimum atomic E-state index is -1.82. The number of aliphatic hydroxyl groups is 5. The van der Waals surface area contributed by atoms with Crippen LogP contribution in [0.25, 0.3) is 0 Å². The Morgan fingerprint density at radius 2 is 1.68 bits per heavy atom. The number of aromatic nitrogens is 3. The van der Waals surface area contributed by atoms with Gasteiger partial charge in [-0.25, -0.2) is 0 Å². The Balaban J connectivity index is 1.23. The highest BCUT2D eigenvalue weighted by molar-refractivity contribution is 5.73. The first-order valence-electron chi connectivity index (χ1n) is 26.7. The van der Waals surface area contributed by atoms with Crippen LogP contribution in [-0.4, -0.2) is 197 Å². The van der Waals surface area contributed by atoms with Crippen LogP contribution in [0.5, 0.6) is 0 Å². The van der Waals surface area contributed by atoms with Crippen LogP contribution < -0.4 is 0 Å². The molecule has 6 rings (SSSR count). The summed E-state index contributed by atoms with van der Waals surface area (Å²) in [6.07, 6.45) is -2.82. The van der Waals surface area contributed by atoms with Crippen LogP contribution >= 0.6 is 0 Å². The summed E-state index contributed by atoms with van der Waals surface area (Å²) in [6.45, 7) is 21.2. The fraction of sp³-hybridized carbons (Fsp3) is 0.830. The molecule has 0 radical (unpaired) electrons. The Kier molecular flexibility index (Phi) is 19.7. The molecule has 0 amide bonds. The zero-order valence-electron chi connectivity index (χ0n) is 45.7. The van der Waals surface area contributed by atoms with Crippen molar-refractivity contribution in [1.82, 2.24) is 29.7 Å². The number of nitro groups is 1. The summed E-state index contributed by atoms with van der Waals surface area (Å²) in [4.78, 5) is 31.8. The average molecular weight is 1030 g/mol. The van der Waals surface area contributed by atoms with E-state index in [0.29, 0.717) is 39.0 Å². The summed E-state index contributed by atoms with van der Waals surface area (Å²) >= 11 is 0. The van der Waals surface area contributed by atoms with Crippen molar-refractivity contribution in [3.05, 3.63) is 51.8 Å². The molecular weight excluding hydrogens is 943 g/mol. The smallest absolute Gasteiger partial charge is 0.309 e. The molecule has 4 saturated heterocycles. The number of likely N-dealkylation sites (tertiary alicyclic amines) is 1. The van der Waals surface area contributed by atoms with Crippen molar-refractivity contribution in [2.75, 3.05) is 40.8 Å². The largest absolute Gasteiger partial charge is 0.459 e. The Bertz CT molecular complexity index is 2100. The van der Waals surface area contributed by atoms with E-state index in [9.17, 15) is 40.4 Å². The van der Waals surface area contributed by atoms with Crippen molar-refractivity contribution in [1.29, 1.82) is 0 Å². The molecule has 5 N–H and O–H groups in total. The summed E-state index contributed by atoms with van der Waals surface area (Å²) in [5, 5.41) is 80.3. The van der Waals surface area contributed by atoms with E-state index in [1.807, 2.05) is 76.6 Å². The fourth-order valence-electron chi connectivity index (χ4n) is 12.7. The van der Waals surface area contributed by atoms with E-state index in [-0.39, 0.29) is 47.9 Å². The van der Waals surface area contributed by atoms with E-state index >= 15 is 0 Å². The summed E-state index contributed by atoms with van der Waals surface area (Å²) in [7, 11) is 5.33. The molecular formula is C53H89N7O13. The van der Waals surface area contributed by atoms with E-state index in [1.165, 1.54) is 14.0 Å². The van der Waals surface area contributed by atoms with Crippen molar-refractivity contribution in [2.24, 2.45) is 23.7 Å². The number of nitrogens with zero attached hydrogens (tertiary/aromatic N) is 7. The number of likely N-dealkylation sites (N-methyl/N-ethyl adjacent to an activating group) is 2. The summed E-state index contributed by atoms with van der Waals surface area (Å²) in [5.41, 5.74) is -2.57. The number of non-ortho nitro benzene ring substituents is 1.